The SMILES string of the molecule is CC(C)CC(=O)NCc1cccc(C2=NOC(c3cc(Cl)cc(Cl)c3)(C(F)(F)F)C2)c1Cl. The Kier molecular flexibility index (Phi) is 7.32. The summed E-state index contributed by atoms with van der Waals surface area (Å²) in [5.74, 6) is 0.0502. The first-order valence-corrected chi connectivity index (χ1v) is 10.9. The minimum Gasteiger partial charge on any atom is -0.374 e. The van der Waals surface area contributed by atoms with Crippen molar-refractivity contribution < 1.29 is 22.8 Å². The molecule has 0 radical (unpaired) electrons. The van der Waals surface area contributed by atoms with E-state index in [2.05, 4.69) is 10.5 Å². The molecule has 0 spiro atoms. The molecule has 32 heavy (non-hydrogen) atoms. The van der Waals surface area contributed by atoms with Crippen molar-refractivity contribution in [1.29, 1.82) is 0 Å². The third kappa shape index (κ3) is 5.16. The minimum absolute atomic E-state index is 0.0266. The van der Waals surface area contributed by atoms with Crippen molar-refractivity contribution in [3.8, 4) is 0 Å². The number of hydrogen-bond acceptors (Lipinski definition) is 3. The quantitative estimate of drug-likeness (QED) is 0.463. The van der Waals surface area contributed by atoms with Gasteiger partial charge < -0.3 is 10.2 Å². The van der Waals surface area contributed by atoms with Gasteiger partial charge in [0.1, 0.15) is 0 Å². The summed E-state index contributed by atoms with van der Waals surface area (Å²) >= 11 is 18.3. The maximum Gasteiger partial charge on any atom is 0.435 e. The van der Waals surface area contributed by atoms with Crippen molar-refractivity contribution in [2.24, 2.45) is 11.1 Å². The van der Waals surface area contributed by atoms with Crippen LogP contribution in [0.1, 0.15) is 43.4 Å². The van der Waals surface area contributed by atoms with Crippen LogP contribution in [0.5, 0.6) is 0 Å². The topological polar surface area (TPSA) is 50.7 Å². The molecular formula is C22H20Cl3F3N2O2. The molecule has 0 bridgehead atoms. The standard InChI is InChI=1S/C22H20Cl3F3N2O2/c1-12(2)6-19(31)29-11-13-4-3-5-17(20(13)25)18-10-21(32-30-18,22(26,27)28)14-7-15(23)9-16(24)8-14/h3-5,7-9,12H,6,10-11H2,1-2H3,(H,29,31). The van der Waals surface area contributed by atoms with Crippen LogP contribution in [0.3, 0.4) is 0 Å². The van der Waals surface area contributed by atoms with Crippen LogP contribution in [0.15, 0.2) is 41.6 Å². The molecule has 1 heterocycles. The van der Waals surface area contributed by atoms with Crippen molar-refractivity contribution in [2.75, 3.05) is 0 Å². The van der Waals surface area contributed by atoms with E-state index in [0.717, 1.165) is 12.1 Å². The smallest absolute Gasteiger partial charge is 0.374 e. The molecule has 0 aliphatic carbocycles. The summed E-state index contributed by atoms with van der Waals surface area (Å²) < 4.78 is 42.5. The summed E-state index contributed by atoms with van der Waals surface area (Å²) in [7, 11) is 0. The van der Waals surface area contributed by atoms with Crippen LogP contribution in [0, 0.1) is 5.92 Å². The minimum atomic E-state index is -4.80. The number of rotatable bonds is 6. The average Bonchev–Trinajstić information content (AvgIpc) is 3.12. The first-order chi connectivity index (χ1) is 14.9. The van der Waals surface area contributed by atoms with Crippen LogP contribution < -0.4 is 5.32 Å². The van der Waals surface area contributed by atoms with Crippen molar-refractivity contribution in [2.45, 2.75) is 45.0 Å². The van der Waals surface area contributed by atoms with Gasteiger partial charge in [-0.2, -0.15) is 13.2 Å². The van der Waals surface area contributed by atoms with Crippen molar-refractivity contribution in [3.63, 3.8) is 0 Å². The Morgan fingerprint density at radius 3 is 2.44 bits per heavy atom. The van der Waals surface area contributed by atoms with Crippen LogP contribution in [-0.2, 0) is 21.8 Å². The second-order valence-corrected chi connectivity index (χ2v) is 9.19. The highest BCUT2D eigenvalue weighted by Crippen LogP contribution is 2.50. The maximum absolute atomic E-state index is 14.2. The van der Waals surface area contributed by atoms with E-state index in [9.17, 15) is 18.0 Å². The van der Waals surface area contributed by atoms with Gasteiger partial charge in [0.15, 0.2) is 0 Å². The number of carbonyl (C=O) groups is 1. The summed E-state index contributed by atoms with van der Waals surface area (Å²) in [4.78, 5) is 17.0. The Labute approximate surface area is 198 Å². The largest absolute Gasteiger partial charge is 0.435 e. The normalized spacial score (nSPS) is 18.5. The molecular weight excluding hydrogens is 488 g/mol. The third-order valence-electron chi connectivity index (χ3n) is 4.97. The van der Waals surface area contributed by atoms with E-state index < -0.39 is 18.2 Å². The van der Waals surface area contributed by atoms with Gasteiger partial charge in [0, 0.05) is 34.1 Å². The van der Waals surface area contributed by atoms with Gasteiger partial charge in [-0.25, -0.2) is 0 Å². The fourth-order valence-electron chi connectivity index (χ4n) is 3.41. The van der Waals surface area contributed by atoms with Crippen LogP contribution in [0.25, 0.3) is 0 Å². The zero-order valence-corrected chi connectivity index (χ0v) is 19.5. The number of carbonyl (C=O) groups excluding carboxylic acids is 1. The van der Waals surface area contributed by atoms with E-state index in [4.69, 9.17) is 39.6 Å². The number of hydrogen-bond donors (Lipinski definition) is 1. The summed E-state index contributed by atoms with van der Waals surface area (Å²) in [5.41, 5.74) is -2.13. The van der Waals surface area contributed by atoms with Gasteiger partial charge in [0.2, 0.25) is 5.91 Å². The summed E-state index contributed by atoms with van der Waals surface area (Å²) in [5, 5.41) is 6.79. The Balaban J connectivity index is 1.89. The monoisotopic (exact) mass is 506 g/mol. The fourth-order valence-corrected chi connectivity index (χ4v) is 4.24. The molecule has 0 fully saturated rings. The summed E-state index contributed by atoms with van der Waals surface area (Å²) in [6, 6.07) is 8.52. The second kappa shape index (κ2) is 9.49. The third-order valence-corrected chi connectivity index (χ3v) is 5.86. The molecule has 4 nitrogen and oxygen atoms in total. The lowest BCUT2D eigenvalue weighted by Crippen LogP contribution is -2.42. The Morgan fingerprint density at radius 1 is 1.19 bits per heavy atom. The number of nitrogens with zero attached hydrogens (tertiary/aromatic N) is 1. The number of oxime groups is 1. The lowest BCUT2D eigenvalue weighted by molar-refractivity contribution is -0.275. The molecule has 2 aromatic rings. The molecule has 1 unspecified atom stereocenters. The molecule has 0 aromatic heterocycles. The van der Waals surface area contributed by atoms with Crippen LogP contribution >= 0.6 is 34.8 Å². The molecule has 2 aromatic carbocycles. The predicted molar refractivity (Wildman–Crippen MR) is 119 cm³/mol. The van der Waals surface area contributed by atoms with Crippen LogP contribution in [-0.4, -0.2) is 17.8 Å². The lowest BCUT2D eigenvalue weighted by Gasteiger charge is -2.29. The fraction of sp³-hybridized carbons (Fsp3) is 0.364. The van der Waals surface area contributed by atoms with Crippen molar-refractivity contribution in [3.05, 3.63) is 68.2 Å². The van der Waals surface area contributed by atoms with Gasteiger partial charge >= 0.3 is 6.18 Å². The number of nitrogens with one attached hydrogen (secondary N) is 1. The van der Waals surface area contributed by atoms with Gasteiger partial charge in [-0.1, -0.05) is 72.0 Å². The number of benzene rings is 2. The molecule has 1 aliphatic rings. The molecule has 1 amide bonds. The Hall–Kier alpha value is -1.96. The van der Waals surface area contributed by atoms with Crippen molar-refractivity contribution >= 4 is 46.4 Å². The number of amides is 1. The summed E-state index contributed by atoms with van der Waals surface area (Å²) in [6.07, 6.45) is -5.06. The van der Waals surface area contributed by atoms with Gasteiger partial charge in [-0.15, -0.1) is 0 Å². The van der Waals surface area contributed by atoms with E-state index in [1.807, 2.05) is 13.8 Å². The Morgan fingerprint density at radius 2 is 1.84 bits per heavy atom. The van der Waals surface area contributed by atoms with Crippen LogP contribution in [0.4, 0.5) is 13.2 Å². The molecule has 1 atom stereocenters. The molecule has 1 N–H and O–H groups in total. The molecule has 0 saturated heterocycles. The maximum atomic E-state index is 14.2. The van der Waals surface area contributed by atoms with Gasteiger partial charge in [0.25, 0.3) is 5.60 Å². The van der Waals surface area contributed by atoms with E-state index in [1.54, 1.807) is 18.2 Å². The first kappa shape index (κ1) is 24.7. The zero-order valence-electron chi connectivity index (χ0n) is 17.2. The molecule has 0 saturated carbocycles. The first-order valence-electron chi connectivity index (χ1n) is 9.76. The van der Waals surface area contributed by atoms with E-state index in [1.165, 1.54) is 6.07 Å². The highest BCUT2D eigenvalue weighted by Gasteiger charge is 2.62. The molecule has 10 heteroatoms. The Bertz CT molecular complexity index is 1040. The highest BCUT2D eigenvalue weighted by atomic mass is 35.5. The van der Waals surface area contributed by atoms with Crippen molar-refractivity contribution in [1.82, 2.24) is 5.32 Å². The second-order valence-electron chi connectivity index (χ2n) is 7.94. The van der Waals surface area contributed by atoms with Gasteiger partial charge in [-0.3, -0.25) is 4.79 Å². The lowest BCUT2D eigenvalue weighted by atomic mass is 9.86. The number of halogens is 6. The average molecular weight is 508 g/mol. The number of alkyl halides is 3. The van der Waals surface area contributed by atoms with E-state index in [0.29, 0.717) is 17.5 Å². The van der Waals surface area contributed by atoms with E-state index >= 15 is 0 Å². The predicted octanol–water partition coefficient (Wildman–Crippen LogP) is 6.89. The van der Waals surface area contributed by atoms with E-state index in [-0.39, 0.29) is 44.7 Å². The van der Waals surface area contributed by atoms with Gasteiger partial charge in [0.05, 0.1) is 17.2 Å². The van der Waals surface area contributed by atoms with Gasteiger partial charge in [-0.05, 0) is 29.7 Å². The molecule has 3 rings (SSSR count). The molecule has 172 valence electrons. The zero-order chi connectivity index (χ0) is 23.7. The molecule has 1 aliphatic heterocycles. The van der Waals surface area contributed by atoms with Crippen LogP contribution in [0.2, 0.25) is 15.1 Å². The summed E-state index contributed by atoms with van der Waals surface area (Å²) in [6.45, 7) is 3.98. The highest BCUT2D eigenvalue weighted by molar-refractivity contribution is 6.35.